The number of nitrogens with one attached hydrogen (secondary N) is 1. The topological polar surface area (TPSA) is 75.1 Å². The van der Waals surface area contributed by atoms with Crippen LogP contribution in [0, 0.1) is 20.8 Å². The van der Waals surface area contributed by atoms with Crippen molar-refractivity contribution in [2.75, 3.05) is 5.32 Å². The normalized spacial score (nSPS) is 10.3. The van der Waals surface area contributed by atoms with Crippen LogP contribution in [0.5, 0.6) is 0 Å². The molecule has 0 radical (unpaired) electrons. The number of anilines is 2. The number of aromatic carboxylic acids is 1. The second-order valence-corrected chi connectivity index (χ2v) is 4.49. The largest absolute Gasteiger partial charge is 0.478 e. The third-order valence-electron chi connectivity index (χ3n) is 2.70. The van der Waals surface area contributed by atoms with Crippen molar-refractivity contribution in [2.45, 2.75) is 20.8 Å². The van der Waals surface area contributed by atoms with Gasteiger partial charge in [-0.15, -0.1) is 0 Å². The number of nitrogens with zero attached hydrogens (tertiary/aromatic N) is 2. The van der Waals surface area contributed by atoms with Crippen molar-refractivity contribution in [2.24, 2.45) is 0 Å². The Morgan fingerprint density at radius 1 is 1.21 bits per heavy atom. The highest BCUT2D eigenvalue weighted by Gasteiger charge is 2.15. The van der Waals surface area contributed by atoms with E-state index in [0.717, 1.165) is 16.9 Å². The number of rotatable bonds is 3. The summed E-state index contributed by atoms with van der Waals surface area (Å²) in [7, 11) is 0. The lowest BCUT2D eigenvalue weighted by atomic mass is 10.1. The monoisotopic (exact) mass is 257 g/mol. The van der Waals surface area contributed by atoms with Crippen molar-refractivity contribution in [1.82, 2.24) is 9.97 Å². The quantitative estimate of drug-likeness (QED) is 0.884. The van der Waals surface area contributed by atoms with Crippen LogP contribution in [0.3, 0.4) is 0 Å². The number of pyridine rings is 2. The number of carboxylic acids is 1. The van der Waals surface area contributed by atoms with Crippen LogP contribution < -0.4 is 5.32 Å². The SMILES string of the molecule is Cc1cncc(Nc2nc(C)cc(C)c2C(=O)O)c1. The van der Waals surface area contributed by atoms with Gasteiger partial charge in [0.15, 0.2) is 0 Å². The van der Waals surface area contributed by atoms with Gasteiger partial charge >= 0.3 is 5.97 Å². The Morgan fingerprint density at radius 3 is 2.58 bits per heavy atom. The highest BCUT2D eigenvalue weighted by molar-refractivity contribution is 5.95. The summed E-state index contributed by atoms with van der Waals surface area (Å²) < 4.78 is 0. The first kappa shape index (κ1) is 13.0. The molecule has 2 aromatic heterocycles. The maximum atomic E-state index is 11.3. The van der Waals surface area contributed by atoms with Crippen LogP contribution in [0.2, 0.25) is 0 Å². The number of carboxylic acid groups (broad SMARTS) is 1. The fourth-order valence-electron chi connectivity index (χ4n) is 1.96. The van der Waals surface area contributed by atoms with E-state index in [-0.39, 0.29) is 5.56 Å². The van der Waals surface area contributed by atoms with Gasteiger partial charge in [0.2, 0.25) is 0 Å². The molecular formula is C14H15N3O2. The van der Waals surface area contributed by atoms with Gasteiger partial charge in [-0.3, -0.25) is 4.98 Å². The van der Waals surface area contributed by atoms with Crippen molar-refractivity contribution in [1.29, 1.82) is 0 Å². The maximum Gasteiger partial charge on any atom is 0.339 e. The lowest BCUT2D eigenvalue weighted by molar-refractivity contribution is 0.0697. The molecule has 98 valence electrons. The Kier molecular flexibility index (Phi) is 3.46. The van der Waals surface area contributed by atoms with Crippen molar-refractivity contribution in [3.05, 3.63) is 46.9 Å². The Morgan fingerprint density at radius 2 is 1.95 bits per heavy atom. The molecule has 0 aliphatic carbocycles. The summed E-state index contributed by atoms with van der Waals surface area (Å²) in [6, 6.07) is 3.64. The minimum atomic E-state index is -0.992. The molecule has 5 nitrogen and oxygen atoms in total. The maximum absolute atomic E-state index is 11.3. The van der Waals surface area contributed by atoms with E-state index < -0.39 is 5.97 Å². The molecule has 2 rings (SSSR count). The standard InChI is InChI=1S/C14H15N3O2/c1-8-4-11(7-15-6-8)17-13-12(14(18)19)9(2)5-10(3)16-13/h4-7H,1-3H3,(H,16,17)(H,18,19). The molecule has 0 spiro atoms. The van der Waals surface area contributed by atoms with Gasteiger partial charge < -0.3 is 10.4 Å². The van der Waals surface area contributed by atoms with Gasteiger partial charge in [-0.1, -0.05) is 0 Å². The fourth-order valence-corrected chi connectivity index (χ4v) is 1.96. The fraction of sp³-hybridized carbons (Fsp3) is 0.214. The molecule has 0 fully saturated rings. The van der Waals surface area contributed by atoms with Crippen molar-refractivity contribution in [3.63, 3.8) is 0 Å². The van der Waals surface area contributed by atoms with Crippen molar-refractivity contribution in [3.8, 4) is 0 Å². The van der Waals surface area contributed by atoms with Crippen LogP contribution in [0.4, 0.5) is 11.5 Å². The summed E-state index contributed by atoms with van der Waals surface area (Å²) in [4.78, 5) is 19.6. The first-order valence-electron chi connectivity index (χ1n) is 5.87. The predicted molar refractivity (Wildman–Crippen MR) is 72.9 cm³/mol. The lowest BCUT2D eigenvalue weighted by Gasteiger charge is -2.12. The zero-order valence-electron chi connectivity index (χ0n) is 11.1. The molecule has 0 aliphatic rings. The first-order valence-corrected chi connectivity index (χ1v) is 5.87. The van der Waals surface area contributed by atoms with Gasteiger partial charge in [0.25, 0.3) is 0 Å². The van der Waals surface area contributed by atoms with E-state index in [4.69, 9.17) is 0 Å². The minimum absolute atomic E-state index is 0.187. The molecule has 0 saturated carbocycles. The molecule has 5 heteroatoms. The van der Waals surface area contributed by atoms with Crippen molar-refractivity contribution < 1.29 is 9.90 Å². The summed E-state index contributed by atoms with van der Waals surface area (Å²) in [5.41, 5.74) is 3.35. The van der Waals surface area contributed by atoms with Crippen LogP contribution in [0.15, 0.2) is 24.5 Å². The molecular weight excluding hydrogens is 242 g/mol. The Labute approximate surface area is 111 Å². The number of aromatic nitrogens is 2. The summed E-state index contributed by atoms with van der Waals surface area (Å²) in [5.74, 6) is -0.648. The number of hydrogen-bond donors (Lipinski definition) is 2. The summed E-state index contributed by atoms with van der Waals surface area (Å²) in [5, 5.41) is 12.3. The van der Waals surface area contributed by atoms with E-state index in [9.17, 15) is 9.90 Å². The summed E-state index contributed by atoms with van der Waals surface area (Å²) in [6.07, 6.45) is 3.37. The molecule has 0 bridgehead atoms. The van der Waals surface area contributed by atoms with Crippen LogP contribution in [0.1, 0.15) is 27.2 Å². The molecule has 0 atom stereocenters. The molecule has 0 amide bonds. The third kappa shape index (κ3) is 2.88. The zero-order chi connectivity index (χ0) is 14.0. The zero-order valence-corrected chi connectivity index (χ0v) is 11.1. The average molecular weight is 257 g/mol. The highest BCUT2D eigenvalue weighted by Crippen LogP contribution is 2.22. The van der Waals surface area contributed by atoms with E-state index >= 15 is 0 Å². The number of carbonyl (C=O) groups is 1. The van der Waals surface area contributed by atoms with Gasteiger partial charge in [-0.2, -0.15) is 0 Å². The van der Waals surface area contributed by atoms with Crippen LogP contribution in [-0.4, -0.2) is 21.0 Å². The van der Waals surface area contributed by atoms with E-state index in [0.29, 0.717) is 11.4 Å². The van der Waals surface area contributed by atoms with E-state index in [2.05, 4.69) is 15.3 Å². The second kappa shape index (κ2) is 5.06. The van der Waals surface area contributed by atoms with Crippen molar-refractivity contribution >= 4 is 17.5 Å². The van der Waals surface area contributed by atoms with Crippen LogP contribution in [-0.2, 0) is 0 Å². The van der Waals surface area contributed by atoms with Gasteiger partial charge in [-0.05, 0) is 44.0 Å². The van der Waals surface area contributed by atoms with Gasteiger partial charge in [0.05, 0.1) is 11.9 Å². The molecule has 2 aromatic rings. The number of aryl methyl sites for hydroxylation is 3. The molecule has 0 aromatic carbocycles. The molecule has 0 unspecified atom stereocenters. The van der Waals surface area contributed by atoms with Crippen LogP contribution >= 0.6 is 0 Å². The van der Waals surface area contributed by atoms with E-state index in [1.54, 1.807) is 25.4 Å². The second-order valence-electron chi connectivity index (χ2n) is 4.49. The summed E-state index contributed by atoms with van der Waals surface area (Å²) >= 11 is 0. The molecule has 2 heterocycles. The minimum Gasteiger partial charge on any atom is -0.478 e. The predicted octanol–water partition coefficient (Wildman–Crippen LogP) is 2.84. The molecule has 0 saturated heterocycles. The lowest BCUT2D eigenvalue weighted by Crippen LogP contribution is -2.08. The molecule has 0 aliphatic heterocycles. The van der Waals surface area contributed by atoms with E-state index in [1.807, 2.05) is 19.9 Å². The van der Waals surface area contributed by atoms with Gasteiger partial charge in [-0.25, -0.2) is 9.78 Å². The smallest absolute Gasteiger partial charge is 0.339 e. The Balaban J connectivity index is 2.47. The van der Waals surface area contributed by atoms with Crippen LogP contribution in [0.25, 0.3) is 0 Å². The Hall–Kier alpha value is -2.43. The molecule has 2 N–H and O–H groups in total. The average Bonchev–Trinajstić information content (AvgIpc) is 2.26. The van der Waals surface area contributed by atoms with Gasteiger partial charge in [0, 0.05) is 11.9 Å². The number of hydrogen-bond acceptors (Lipinski definition) is 4. The highest BCUT2D eigenvalue weighted by atomic mass is 16.4. The summed E-state index contributed by atoms with van der Waals surface area (Å²) in [6.45, 7) is 5.52. The first-order chi connectivity index (χ1) is 8.97. The molecule has 19 heavy (non-hydrogen) atoms. The third-order valence-corrected chi connectivity index (χ3v) is 2.70. The Bertz CT molecular complexity index is 639. The van der Waals surface area contributed by atoms with E-state index in [1.165, 1.54) is 0 Å². The van der Waals surface area contributed by atoms with Gasteiger partial charge in [0.1, 0.15) is 11.4 Å².